The van der Waals surface area contributed by atoms with Gasteiger partial charge in [0.2, 0.25) is 5.91 Å². The van der Waals surface area contributed by atoms with Crippen LogP contribution in [0.4, 0.5) is 0 Å². The number of carbonyl (C=O) groups excluding carboxylic acids is 1. The van der Waals surface area contributed by atoms with E-state index in [1.165, 1.54) is 5.56 Å². The summed E-state index contributed by atoms with van der Waals surface area (Å²) in [6.45, 7) is 8.39. The number of hydrogen-bond acceptors (Lipinski definition) is 4. The molecule has 1 aliphatic rings. The number of ether oxygens (including phenoxy) is 1. The molecular formula is C18H29N3O2. The summed E-state index contributed by atoms with van der Waals surface area (Å²) >= 11 is 0. The molecule has 1 aromatic carbocycles. The van der Waals surface area contributed by atoms with E-state index in [2.05, 4.69) is 42.3 Å². The van der Waals surface area contributed by atoms with Crippen molar-refractivity contribution in [2.24, 2.45) is 5.73 Å². The van der Waals surface area contributed by atoms with Crippen LogP contribution in [0.5, 0.6) is 0 Å². The van der Waals surface area contributed by atoms with Crippen LogP contribution in [0.3, 0.4) is 0 Å². The predicted molar refractivity (Wildman–Crippen MR) is 91.9 cm³/mol. The summed E-state index contributed by atoms with van der Waals surface area (Å²) in [6, 6.07) is 8.40. The van der Waals surface area contributed by atoms with Crippen molar-refractivity contribution in [3.05, 3.63) is 35.4 Å². The zero-order chi connectivity index (χ0) is 16.7. The third-order valence-corrected chi connectivity index (χ3v) is 4.42. The second kappa shape index (κ2) is 9.01. The van der Waals surface area contributed by atoms with Gasteiger partial charge in [-0.15, -0.1) is 0 Å². The molecule has 23 heavy (non-hydrogen) atoms. The Morgan fingerprint density at radius 1 is 1.30 bits per heavy atom. The summed E-state index contributed by atoms with van der Waals surface area (Å²) in [5.74, 6) is -0.0323. The summed E-state index contributed by atoms with van der Waals surface area (Å²) in [4.78, 5) is 14.5. The van der Waals surface area contributed by atoms with Gasteiger partial charge in [-0.2, -0.15) is 0 Å². The van der Waals surface area contributed by atoms with Gasteiger partial charge in [-0.1, -0.05) is 38.1 Å². The second-order valence-corrected chi connectivity index (χ2v) is 6.06. The van der Waals surface area contributed by atoms with Crippen molar-refractivity contribution in [1.29, 1.82) is 0 Å². The molecule has 0 aromatic heterocycles. The summed E-state index contributed by atoms with van der Waals surface area (Å²) in [7, 11) is 0. The second-order valence-electron chi connectivity index (χ2n) is 6.06. The van der Waals surface area contributed by atoms with E-state index < -0.39 is 0 Å². The molecular weight excluding hydrogens is 290 g/mol. The highest BCUT2D eigenvalue weighted by molar-refractivity contribution is 5.81. The first-order valence-corrected chi connectivity index (χ1v) is 8.59. The molecule has 0 bridgehead atoms. The van der Waals surface area contributed by atoms with Crippen LogP contribution >= 0.6 is 0 Å². The predicted octanol–water partition coefficient (Wildman–Crippen LogP) is 1.65. The Labute approximate surface area is 139 Å². The standard InChI is InChI=1S/C18H29N3O2/c1-3-21(4-2)13-15-7-5-6-14(10-15)12-20-18(22)17-9-8-16(11-19)23-17/h5-7,10,16-17H,3-4,8-9,11-13,19H2,1-2H3,(H,20,22)/t16-,17+/m1/s1. The number of benzene rings is 1. The number of rotatable bonds is 8. The molecule has 1 saturated heterocycles. The highest BCUT2D eigenvalue weighted by Crippen LogP contribution is 2.19. The van der Waals surface area contributed by atoms with Crippen molar-refractivity contribution in [1.82, 2.24) is 10.2 Å². The quantitative estimate of drug-likeness (QED) is 0.764. The number of hydrogen-bond donors (Lipinski definition) is 2. The van der Waals surface area contributed by atoms with E-state index in [0.717, 1.165) is 38.0 Å². The minimum atomic E-state index is -0.345. The number of nitrogens with two attached hydrogens (primary N) is 1. The van der Waals surface area contributed by atoms with Gasteiger partial charge in [0.1, 0.15) is 6.10 Å². The topological polar surface area (TPSA) is 67.6 Å². The van der Waals surface area contributed by atoms with Gasteiger partial charge in [0, 0.05) is 19.6 Å². The molecule has 0 unspecified atom stereocenters. The van der Waals surface area contributed by atoms with Gasteiger partial charge in [0.25, 0.3) is 0 Å². The van der Waals surface area contributed by atoms with Gasteiger partial charge in [-0.3, -0.25) is 9.69 Å². The van der Waals surface area contributed by atoms with E-state index >= 15 is 0 Å². The van der Waals surface area contributed by atoms with Crippen molar-refractivity contribution in [2.75, 3.05) is 19.6 Å². The van der Waals surface area contributed by atoms with Crippen molar-refractivity contribution in [3.8, 4) is 0 Å². The molecule has 2 atom stereocenters. The van der Waals surface area contributed by atoms with Gasteiger partial charge in [-0.05, 0) is 37.1 Å². The number of carbonyl (C=O) groups is 1. The van der Waals surface area contributed by atoms with Crippen molar-refractivity contribution in [2.45, 2.75) is 52.0 Å². The third-order valence-electron chi connectivity index (χ3n) is 4.42. The van der Waals surface area contributed by atoms with Crippen LogP contribution in [0.2, 0.25) is 0 Å². The Balaban J connectivity index is 1.84. The monoisotopic (exact) mass is 319 g/mol. The Hall–Kier alpha value is -1.43. The fourth-order valence-electron chi connectivity index (χ4n) is 2.92. The van der Waals surface area contributed by atoms with E-state index in [9.17, 15) is 4.79 Å². The lowest BCUT2D eigenvalue weighted by Crippen LogP contribution is -2.35. The summed E-state index contributed by atoms with van der Waals surface area (Å²) in [6.07, 6.45) is 1.31. The Bertz CT molecular complexity index is 503. The lowest BCUT2D eigenvalue weighted by atomic mass is 10.1. The maximum Gasteiger partial charge on any atom is 0.249 e. The Morgan fingerprint density at radius 2 is 2.04 bits per heavy atom. The smallest absolute Gasteiger partial charge is 0.249 e. The van der Waals surface area contributed by atoms with Crippen LogP contribution in [-0.2, 0) is 22.6 Å². The zero-order valence-corrected chi connectivity index (χ0v) is 14.3. The SMILES string of the molecule is CCN(CC)Cc1cccc(CNC(=O)[C@@H]2CC[C@H](CN)O2)c1. The molecule has 0 aliphatic carbocycles. The zero-order valence-electron chi connectivity index (χ0n) is 14.3. The highest BCUT2D eigenvalue weighted by Gasteiger charge is 2.29. The van der Waals surface area contributed by atoms with Crippen LogP contribution in [0.1, 0.15) is 37.8 Å². The van der Waals surface area contributed by atoms with E-state index in [1.54, 1.807) is 0 Å². The molecule has 1 amide bonds. The molecule has 1 aromatic rings. The molecule has 1 fully saturated rings. The first-order chi connectivity index (χ1) is 11.2. The van der Waals surface area contributed by atoms with Gasteiger partial charge in [0.15, 0.2) is 0 Å². The first kappa shape index (κ1) is 17.9. The summed E-state index contributed by atoms with van der Waals surface area (Å²) in [5.41, 5.74) is 7.98. The van der Waals surface area contributed by atoms with Crippen LogP contribution in [-0.4, -0.2) is 42.6 Å². The van der Waals surface area contributed by atoms with Gasteiger partial charge in [0.05, 0.1) is 6.10 Å². The maximum atomic E-state index is 12.2. The van der Waals surface area contributed by atoms with Crippen molar-refractivity contribution >= 4 is 5.91 Å². The summed E-state index contributed by atoms with van der Waals surface area (Å²) in [5, 5.41) is 2.98. The molecule has 128 valence electrons. The average Bonchev–Trinajstić information content (AvgIpc) is 3.07. The van der Waals surface area contributed by atoms with Crippen LogP contribution in [0.25, 0.3) is 0 Å². The van der Waals surface area contributed by atoms with Crippen molar-refractivity contribution < 1.29 is 9.53 Å². The van der Waals surface area contributed by atoms with Crippen LogP contribution in [0.15, 0.2) is 24.3 Å². The first-order valence-electron chi connectivity index (χ1n) is 8.59. The number of nitrogens with one attached hydrogen (secondary N) is 1. The minimum absolute atomic E-state index is 0.0307. The minimum Gasteiger partial charge on any atom is -0.364 e. The van der Waals surface area contributed by atoms with E-state index in [0.29, 0.717) is 13.1 Å². The molecule has 2 rings (SSSR count). The highest BCUT2D eigenvalue weighted by atomic mass is 16.5. The Kier molecular flexibility index (Phi) is 7.02. The average molecular weight is 319 g/mol. The van der Waals surface area contributed by atoms with E-state index in [1.807, 2.05) is 6.07 Å². The molecule has 5 nitrogen and oxygen atoms in total. The van der Waals surface area contributed by atoms with Crippen molar-refractivity contribution in [3.63, 3.8) is 0 Å². The molecule has 1 heterocycles. The summed E-state index contributed by atoms with van der Waals surface area (Å²) < 4.78 is 5.62. The van der Waals surface area contributed by atoms with Gasteiger partial charge < -0.3 is 15.8 Å². The van der Waals surface area contributed by atoms with Crippen LogP contribution < -0.4 is 11.1 Å². The Morgan fingerprint density at radius 3 is 2.70 bits per heavy atom. The van der Waals surface area contributed by atoms with E-state index in [4.69, 9.17) is 10.5 Å². The third kappa shape index (κ3) is 5.30. The van der Waals surface area contributed by atoms with E-state index in [-0.39, 0.29) is 18.1 Å². The molecule has 0 spiro atoms. The number of amides is 1. The lowest BCUT2D eigenvalue weighted by Gasteiger charge is -2.18. The lowest BCUT2D eigenvalue weighted by molar-refractivity contribution is -0.132. The molecule has 5 heteroatoms. The number of nitrogens with zero attached hydrogens (tertiary/aromatic N) is 1. The normalized spacial score (nSPS) is 20.9. The van der Waals surface area contributed by atoms with Crippen LogP contribution in [0, 0.1) is 0 Å². The fraction of sp³-hybridized carbons (Fsp3) is 0.611. The molecule has 3 N–H and O–H groups in total. The van der Waals surface area contributed by atoms with Gasteiger partial charge >= 0.3 is 0 Å². The van der Waals surface area contributed by atoms with Gasteiger partial charge in [-0.25, -0.2) is 0 Å². The largest absolute Gasteiger partial charge is 0.364 e. The fourth-order valence-corrected chi connectivity index (χ4v) is 2.92. The molecule has 1 aliphatic heterocycles. The molecule has 0 saturated carbocycles. The molecule has 0 radical (unpaired) electrons. The maximum absolute atomic E-state index is 12.2.